The van der Waals surface area contributed by atoms with Crippen molar-refractivity contribution in [2.45, 2.75) is 70.7 Å². The molecule has 0 aromatic carbocycles. The second-order valence-corrected chi connectivity index (χ2v) is 6.17. The fourth-order valence-corrected chi connectivity index (χ4v) is 3.48. The number of nitrogens with zero attached hydrogens (tertiary/aromatic N) is 1. The van der Waals surface area contributed by atoms with E-state index in [0.717, 1.165) is 19.3 Å². The Morgan fingerprint density at radius 3 is 2.60 bits per heavy atom. The van der Waals surface area contributed by atoms with Crippen LogP contribution in [0.3, 0.4) is 0 Å². The summed E-state index contributed by atoms with van der Waals surface area (Å²) in [5.41, 5.74) is 0. The quantitative estimate of drug-likeness (QED) is 0.846. The van der Waals surface area contributed by atoms with Gasteiger partial charge in [-0.1, -0.05) is 20.8 Å². The summed E-state index contributed by atoms with van der Waals surface area (Å²) in [7, 11) is 1.69. The maximum absolute atomic E-state index is 12.8. The molecule has 2 amide bonds. The maximum Gasteiger partial charge on any atom is 0.246 e. The molecule has 1 aliphatic heterocycles. The van der Waals surface area contributed by atoms with E-state index in [9.17, 15) is 9.59 Å². The van der Waals surface area contributed by atoms with Crippen molar-refractivity contribution >= 4 is 11.8 Å². The molecule has 0 bridgehead atoms. The number of carbonyl (C=O) groups is 2. The van der Waals surface area contributed by atoms with Crippen molar-refractivity contribution in [2.75, 3.05) is 7.11 Å². The van der Waals surface area contributed by atoms with Crippen LogP contribution in [-0.4, -0.2) is 48.1 Å². The molecule has 2 aliphatic rings. The molecule has 1 saturated heterocycles. The minimum atomic E-state index is -0.400. The molecule has 4 unspecified atom stereocenters. The highest BCUT2D eigenvalue weighted by molar-refractivity contribution is 5.97. The van der Waals surface area contributed by atoms with Crippen LogP contribution in [0.15, 0.2) is 0 Å². The Morgan fingerprint density at radius 1 is 1.35 bits per heavy atom. The molecule has 0 spiro atoms. The minimum absolute atomic E-state index is 0.0208. The lowest BCUT2D eigenvalue weighted by atomic mass is 9.94. The van der Waals surface area contributed by atoms with Crippen molar-refractivity contribution in [3.8, 4) is 0 Å². The second-order valence-electron chi connectivity index (χ2n) is 6.17. The molecule has 1 aliphatic carbocycles. The molecular weight excluding hydrogens is 256 g/mol. The fraction of sp³-hybridized carbons (Fsp3) is 0.867. The lowest BCUT2D eigenvalue weighted by Crippen LogP contribution is -2.67. The zero-order chi connectivity index (χ0) is 14.9. The van der Waals surface area contributed by atoms with Crippen LogP contribution in [0.25, 0.3) is 0 Å². The van der Waals surface area contributed by atoms with Gasteiger partial charge in [0, 0.05) is 7.11 Å². The van der Waals surface area contributed by atoms with Gasteiger partial charge in [-0.15, -0.1) is 0 Å². The monoisotopic (exact) mass is 282 g/mol. The van der Waals surface area contributed by atoms with Crippen LogP contribution in [0.1, 0.15) is 46.5 Å². The third-order valence-electron chi connectivity index (χ3n) is 4.59. The Morgan fingerprint density at radius 2 is 2.05 bits per heavy atom. The largest absolute Gasteiger partial charge is 0.379 e. The molecule has 2 rings (SSSR count). The number of nitrogens with one attached hydrogen (secondary N) is 1. The standard InChI is InChI=1S/C15H26N2O3/c1-5-10-14(18)16-13(9(2)3)15(19)17(10)11-7-6-8-12(11)20-4/h9-13H,5-8H2,1-4H3,(H,16,18). The van der Waals surface area contributed by atoms with Crippen LogP contribution in [0.4, 0.5) is 0 Å². The Hall–Kier alpha value is -1.10. The lowest BCUT2D eigenvalue weighted by molar-refractivity contribution is -0.156. The topological polar surface area (TPSA) is 58.6 Å². The fourth-order valence-electron chi connectivity index (χ4n) is 3.48. The summed E-state index contributed by atoms with van der Waals surface area (Å²) in [6.07, 6.45) is 3.66. The highest BCUT2D eigenvalue weighted by Gasteiger charge is 2.47. The van der Waals surface area contributed by atoms with Gasteiger partial charge in [0.25, 0.3) is 0 Å². The summed E-state index contributed by atoms with van der Waals surface area (Å²) in [5, 5.41) is 2.88. The molecule has 5 nitrogen and oxygen atoms in total. The molecule has 20 heavy (non-hydrogen) atoms. The van der Waals surface area contributed by atoms with Crippen molar-refractivity contribution in [2.24, 2.45) is 5.92 Å². The van der Waals surface area contributed by atoms with Crippen LogP contribution in [0.5, 0.6) is 0 Å². The zero-order valence-electron chi connectivity index (χ0n) is 12.9. The van der Waals surface area contributed by atoms with Crippen LogP contribution >= 0.6 is 0 Å². The van der Waals surface area contributed by atoms with Gasteiger partial charge in [0.15, 0.2) is 0 Å². The first-order valence-electron chi connectivity index (χ1n) is 7.66. The van der Waals surface area contributed by atoms with Gasteiger partial charge in [0.05, 0.1) is 12.1 Å². The molecule has 1 saturated carbocycles. The molecule has 0 aromatic heterocycles. The van der Waals surface area contributed by atoms with Gasteiger partial charge >= 0.3 is 0 Å². The summed E-state index contributed by atoms with van der Waals surface area (Å²) < 4.78 is 5.52. The van der Waals surface area contributed by atoms with Crippen LogP contribution in [0.2, 0.25) is 0 Å². The van der Waals surface area contributed by atoms with Crippen molar-refractivity contribution in [3.63, 3.8) is 0 Å². The van der Waals surface area contributed by atoms with Crippen molar-refractivity contribution in [1.82, 2.24) is 10.2 Å². The Bertz CT molecular complexity index is 383. The van der Waals surface area contributed by atoms with Crippen molar-refractivity contribution in [3.05, 3.63) is 0 Å². The third kappa shape index (κ3) is 2.55. The zero-order valence-corrected chi connectivity index (χ0v) is 12.9. The van der Waals surface area contributed by atoms with Crippen molar-refractivity contribution in [1.29, 1.82) is 0 Å². The molecule has 0 radical (unpaired) electrons. The number of amides is 2. The van der Waals surface area contributed by atoms with E-state index >= 15 is 0 Å². The molecule has 1 N–H and O–H groups in total. The number of methoxy groups -OCH3 is 1. The Balaban J connectivity index is 2.29. The van der Waals surface area contributed by atoms with E-state index in [-0.39, 0.29) is 35.9 Å². The second kappa shape index (κ2) is 6.12. The number of piperazine rings is 1. The van der Waals surface area contributed by atoms with Crippen molar-refractivity contribution < 1.29 is 14.3 Å². The van der Waals surface area contributed by atoms with Gasteiger partial charge in [-0.25, -0.2) is 0 Å². The van der Waals surface area contributed by atoms with E-state index in [2.05, 4.69) is 5.32 Å². The number of rotatable bonds is 4. The molecule has 0 aromatic rings. The highest BCUT2D eigenvalue weighted by Crippen LogP contribution is 2.31. The molecule has 114 valence electrons. The van der Waals surface area contributed by atoms with E-state index < -0.39 is 6.04 Å². The first-order valence-corrected chi connectivity index (χ1v) is 7.66. The van der Waals surface area contributed by atoms with Gasteiger partial charge in [0.2, 0.25) is 11.8 Å². The van der Waals surface area contributed by atoms with E-state index in [1.54, 1.807) is 7.11 Å². The van der Waals surface area contributed by atoms with Crippen LogP contribution in [-0.2, 0) is 14.3 Å². The Kier molecular flexibility index (Phi) is 4.68. The van der Waals surface area contributed by atoms with Gasteiger partial charge in [-0.05, 0) is 31.6 Å². The molecule has 4 atom stereocenters. The maximum atomic E-state index is 12.8. The average molecular weight is 282 g/mol. The summed E-state index contributed by atoms with van der Waals surface area (Å²) in [6.45, 7) is 5.89. The van der Waals surface area contributed by atoms with Gasteiger partial charge in [-0.2, -0.15) is 0 Å². The Labute approximate surface area is 121 Å². The molecule has 1 heterocycles. The van der Waals surface area contributed by atoms with Gasteiger partial charge < -0.3 is 15.0 Å². The SMILES string of the molecule is CCC1C(=O)NC(C(C)C)C(=O)N1C1CCCC1OC. The van der Waals surface area contributed by atoms with Crippen LogP contribution < -0.4 is 5.32 Å². The van der Waals surface area contributed by atoms with E-state index in [4.69, 9.17) is 4.74 Å². The predicted octanol–water partition coefficient (Wildman–Crippen LogP) is 1.32. The van der Waals surface area contributed by atoms with Crippen LogP contribution in [0, 0.1) is 5.92 Å². The predicted molar refractivity (Wildman–Crippen MR) is 76.1 cm³/mol. The summed E-state index contributed by atoms with van der Waals surface area (Å²) in [4.78, 5) is 26.9. The normalized spacial score (nSPS) is 34.8. The smallest absolute Gasteiger partial charge is 0.246 e. The third-order valence-corrected chi connectivity index (χ3v) is 4.59. The van der Waals surface area contributed by atoms with E-state index in [1.165, 1.54) is 0 Å². The number of ether oxygens (including phenoxy) is 1. The average Bonchev–Trinajstić information content (AvgIpc) is 2.87. The van der Waals surface area contributed by atoms with Gasteiger partial charge in [-0.3, -0.25) is 9.59 Å². The lowest BCUT2D eigenvalue weighted by Gasteiger charge is -2.44. The molecule has 5 heteroatoms. The van der Waals surface area contributed by atoms with Gasteiger partial charge in [0.1, 0.15) is 12.1 Å². The van der Waals surface area contributed by atoms with E-state index in [0.29, 0.717) is 6.42 Å². The summed E-state index contributed by atoms with van der Waals surface area (Å²) in [6, 6.07) is -0.702. The molecule has 2 fully saturated rings. The molecular formula is C15H26N2O3. The number of hydrogen-bond donors (Lipinski definition) is 1. The summed E-state index contributed by atoms with van der Waals surface area (Å²) >= 11 is 0. The first kappa shape index (κ1) is 15.3. The highest BCUT2D eigenvalue weighted by atomic mass is 16.5. The summed E-state index contributed by atoms with van der Waals surface area (Å²) in [5.74, 6) is 0.141. The number of carbonyl (C=O) groups excluding carboxylic acids is 2. The van der Waals surface area contributed by atoms with E-state index in [1.807, 2.05) is 25.7 Å². The number of hydrogen-bond acceptors (Lipinski definition) is 3. The minimum Gasteiger partial charge on any atom is -0.379 e. The first-order chi connectivity index (χ1) is 9.51.